The Balaban J connectivity index is 2.70. The van der Waals surface area contributed by atoms with Gasteiger partial charge < -0.3 is 15.8 Å². The summed E-state index contributed by atoms with van der Waals surface area (Å²) < 4.78 is 5.91. The molecule has 0 spiro atoms. The van der Waals surface area contributed by atoms with Gasteiger partial charge in [-0.05, 0) is 41.0 Å². The minimum absolute atomic E-state index is 0.00631. The van der Waals surface area contributed by atoms with Crippen molar-refractivity contribution in [3.63, 3.8) is 0 Å². The highest BCUT2D eigenvalue weighted by molar-refractivity contribution is 5.82. The van der Waals surface area contributed by atoms with Crippen LogP contribution in [0.1, 0.15) is 48.0 Å². The molecule has 1 heterocycles. The van der Waals surface area contributed by atoms with E-state index in [4.69, 9.17) is 10.5 Å². The molecule has 1 saturated heterocycles. The molecule has 0 radical (unpaired) electrons. The van der Waals surface area contributed by atoms with Gasteiger partial charge >= 0.3 is 0 Å². The van der Waals surface area contributed by atoms with Gasteiger partial charge in [-0.2, -0.15) is 0 Å². The molecule has 2 atom stereocenters. The standard InChI is InChI=1S/C15H31N3O2/c1-7-14(3,4)17-13(19)11(2)18-9-12(8-16)20-15(5,6)10-18/h11-12H,7-10,16H2,1-6H3,(H,17,19). The molecule has 1 aliphatic rings. The minimum atomic E-state index is -0.267. The van der Waals surface area contributed by atoms with Crippen LogP contribution in [0.2, 0.25) is 0 Å². The number of rotatable bonds is 5. The highest BCUT2D eigenvalue weighted by Gasteiger charge is 2.37. The number of ether oxygens (including phenoxy) is 1. The van der Waals surface area contributed by atoms with Gasteiger partial charge in [0.05, 0.1) is 17.7 Å². The van der Waals surface area contributed by atoms with E-state index in [9.17, 15) is 4.79 Å². The van der Waals surface area contributed by atoms with Gasteiger partial charge in [-0.3, -0.25) is 9.69 Å². The Morgan fingerprint density at radius 1 is 1.55 bits per heavy atom. The monoisotopic (exact) mass is 285 g/mol. The zero-order valence-corrected chi connectivity index (χ0v) is 13.8. The molecule has 0 aromatic carbocycles. The molecule has 1 rings (SSSR count). The largest absolute Gasteiger partial charge is 0.368 e. The van der Waals surface area contributed by atoms with Crippen molar-refractivity contribution < 1.29 is 9.53 Å². The van der Waals surface area contributed by atoms with Crippen LogP contribution in [0.15, 0.2) is 0 Å². The van der Waals surface area contributed by atoms with E-state index in [0.717, 1.165) is 13.0 Å². The summed E-state index contributed by atoms with van der Waals surface area (Å²) in [4.78, 5) is 14.6. The lowest BCUT2D eigenvalue weighted by molar-refractivity contribution is -0.150. The van der Waals surface area contributed by atoms with E-state index in [2.05, 4.69) is 17.1 Å². The molecular weight excluding hydrogens is 254 g/mol. The molecule has 118 valence electrons. The first-order valence-corrected chi connectivity index (χ1v) is 7.54. The van der Waals surface area contributed by atoms with Gasteiger partial charge in [0.25, 0.3) is 0 Å². The third kappa shape index (κ3) is 4.72. The molecule has 0 aliphatic carbocycles. The zero-order valence-electron chi connectivity index (χ0n) is 13.8. The zero-order chi connectivity index (χ0) is 15.6. The van der Waals surface area contributed by atoms with Gasteiger partial charge in [0, 0.05) is 25.2 Å². The Labute approximate surface area is 123 Å². The predicted molar refractivity (Wildman–Crippen MR) is 81.6 cm³/mol. The van der Waals surface area contributed by atoms with Crippen LogP contribution < -0.4 is 11.1 Å². The van der Waals surface area contributed by atoms with Crippen LogP contribution in [0.25, 0.3) is 0 Å². The Bertz CT molecular complexity index is 342. The summed E-state index contributed by atoms with van der Waals surface area (Å²) in [6.07, 6.45) is 0.902. The molecule has 5 nitrogen and oxygen atoms in total. The molecule has 0 bridgehead atoms. The third-order valence-corrected chi connectivity index (χ3v) is 4.04. The first-order valence-electron chi connectivity index (χ1n) is 7.54. The summed E-state index contributed by atoms with van der Waals surface area (Å²) >= 11 is 0. The van der Waals surface area contributed by atoms with Crippen LogP contribution in [0.5, 0.6) is 0 Å². The first kappa shape index (κ1) is 17.4. The molecule has 1 amide bonds. The Morgan fingerprint density at radius 3 is 2.65 bits per heavy atom. The molecule has 0 aromatic heterocycles. The second-order valence-corrected chi connectivity index (χ2v) is 7.07. The summed E-state index contributed by atoms with van der Waals surface area (Å²) in [5, 5.41) is 3.11. The van der Waals surface area contributed by atoms with Gasteiger partial charge in [0.2, 0.25) is 5.91 Å². The lowest BCUT2D eigenvalue weighted by atomic mass is 10.00. The molecule has 0 aromatic rings. The SMILES string of the molecule is CCC(C)(C)NC(=O)C(C)N1CC(CN)OC(C)(C)C1. The first-order chi connectivity index (χ1) is 9.10. The summed E-state index contributed by atoms with van der Waals surface area (Å²) in [7, 11) is 0. The molecule has 0 saturated carbocycles. The second-order valence-electron chi connectivity index (χ2n) is 7.07. The van der Waals surface area contributed by atoms with Crippen LogP contribution >= 0.6 is 0 Å². The van der Waals surface area contributed by atoms with E-state index in [1.165, 1.54) is 0 Å². The Morgan fingerprint density at radius 2 is 2.15 bits per heavy atom. The average molecular weight is 285 g/mol. The van der Waals surface area contributed by atoms with Crippen LogP contribution in [-0.4, -0.2) is 53.7 Å². The summed E-state index contributed by atoms with van der Waals surface area (Å²) in [5.41, 5.74) is 5.30. The Hall–Kier alpha value is -0.650. The topological polar surface area (TPSA) is 67.6 Å². The number of amides is 1. The second kappa shape index (κ2) is 6.41. The lowest BCUT2D eigenvalue weighted by Crippen LogP contribution is -2.61. The molecule has 20 heavy (non-hydrogen) atoms. The van der Waals surface area contributed by atoms with Crippen LogP contribution in [0, 0.1) is 0 Å². The van der Waals surface area contributed by atoms with Gasteiger partial charge in [-0.15, -0.1) is 0 Å². The fourth-order valence-corrected chi connectivity index (χ4v) is 2.45. The quantitative estimate of drug-likeness (QED) is 0.794. The molecule has 5 heteroatoms. The number of nitrogens with two attached hydrogens (primary N) is 1. The van der Waals surface area contributed by atoms with Crippen molar-refractivity contribution in [2.75, 3.05) is 19.6 Å². The molecule has 1 fully saturated rings. The van der Waals surface area contributed by atoms with Crippen molar-refractivity contribution in [1.82, 2.24) is 10.2 Å². The maximum Gasteiger partial charge on any atom is 0.237 e. The summed E-state index contributed by atoms with van der Waals surface area (Å²) in [5.74, 6) is 0.0744. The fourth-order valence-electron chi connectivity index (χ4n) is 2.45. The van der Waals surface area contributed by atoms with E-state index in [1.54, 1.807) is 0 Å². The number of hydrogen-bond acceptors (Lipinski definition) is 4. The minimum Gasteiger partial charge on any atom is -0.368 e. The van der Waals surface area contributed by atoms with Crippen LogP contribution in [0.3, 0.4) is 0 Å². The van der Waals surface area contributed by atoms with E-state index >= 15 is 0 Å². The fraction of sp³-hybridized carbons (Fsp3) is 0.933. The van der Waals surface area contributed by atoms with Gasteiger partial charge in [-0.1, -0.05) is 6.92 Å². The van der Waals surface area contributed by atoms with Crippen molar-refractivity contribution in [3.05, 3.63) is 0 Å². The smallest absolute Gasteiger partial charge is 0.237 e. The average Bonchev–Trinajstić information content (AvgIpc) is 2.35. The predicted octanol–water partition coefficient (Wildman–Crippen LogP) is 1.12. The number of nitrogens with zero attached hydrogens (tertiary/aromatic N) is 1. The van der Waals surface area contributed by atoms with Gasteiger partial charge in [-0.25, -0.2) is 0 Å². The highest BCUT2D eigenvalue weighted by atomic mass is 16.5. The van der Waals surface area contributed by atoms with E-state index in [0.29, 0.717) is 13.1 Å². The van der Waals surface area contributed by atoms with Gasteiger partial charge in [0.15, 0.2) is 0 Å². The summed E-state index contributed by atoms with van der Waals surface area (Å²) in [6, 6.07) is -0.168. The number of carbonyl (C=O) groups is 1. The van der Waals surface area contributed by atoms with E-state index in [-0.39, 0.29) is 29.2 Å². The normalized spacial score (nSPS) is 25.2. The van der Waals surface area contributed by atoms with Crippen molar-refractivity contribution in [3.8, 4) is 0 Å². The van der Waals surface area contributed by atoms with E-state index in [1.807, 2.05) is 34.6 Å². The van der Waals surface area contributed by atoms with Gasteiger partial charge in [0.1, 0.15) is 0 Å². The molecule has 1 aliphatic heterocycles. The highest BCUT2D eigenvalue weighted by Crippen LogP contribution is 2.22. The number of hydrogen-bond donors (Lipinski definition) is 2. The molecule has 3 N–H and O–H groups in total. The summed E-state index contributed by atoms with van der Waals surface area (Å²) in [6.45, 7) is 14.1. The van der Waals surface area contributed by atoms with Crippen molar-refractivity contribution in [2.45, 2.75) is 71.2 Å². The maximum absolute atomic E-state index is 12.4. The van der Waals surface area contributed by atoms with Crippen LogP contribution in [0.4, 0.5) is 0 Å². The maximum atomic E-state index is 12.4. The van der Waals surface area contributed by atoms with E-state index < -0.39 is 0 Å². The molecule has 2 unspecified atom stereocenters. The third-order valence-electron chi connectivity index (χ3n) is 4.04. The van der Waals surface area contributed by atoms with Crippen molar-refractivity contribution in [1.29, 1.82) is 0 Å². The number of nitrogens with one attached hydrogen (secondary N) is 1. The lowest BCUT2D eigenvalue weighted by Gasteiger charge is -2.45. The van der Waals surface area contributed by atoms with Crippen molar-refractivity contribution in [2.24, 2.45) is 5.73 Å². The molecular formula is C15H31N3O2. The van der Waals surface area contributed by atoms with Crippen molar-refractivity contribution >= 4 is 5.91 Å². The Kier molecular flexibility index (Phi) is 5.58. The number of carbonyl (C=O) groups excluding carboxylic acids is 1. The number of morpholine rings is 1. The van der Waals surface area contributed by atoms with Crippen LogP contribution in [-0.2, 0) is 9.53 Å².